The van der Waals surface area contributed by atoms with Crippen molar-refractivity contribution in [1.82, 2.24) is 14.7 Å². The van der Waals surface area contributed by atoms with E-state index >= 15 is 0 Å². The summed E-state index contributed by atoms with van der Waals surface area (Å²) < 4.78 is 20.4. The second-order valence-corrected chi connectivity index (χ2v) is 5.37. The minimum absolute atomic E-state index is 0.330. The van der Waals surface area contributed by atoms with Crippen LogP contribution in [-0.2, 0) is 6.54 Å². The number of benzene rings is 2. The Morgan fingerprint density at radius 1 is 1.17 bits per heavy atom. The van der Waals surface area contributed by atoms with Crippen LogP contribution >= 0.6 is 0 Å². The van der Waals surface area contributed by atoms with Gasteiger partial charge in [-0.2, -0.15) is 4.98 Å². The molecule has 0 amide bonds. The number of nitrogens with zero attached hydrogens (tertiary/aromatic N) is 3. The number of carbonyl (C=O) groups excluding carboxylic acids is 1. The van der Waals surface area contributed by atoms with Gasteiger partial charge >= 0.3 is 0 Å². The summed E-state index contributed by atoms with van der Waals surface area (Å²) >= 11 is 0. The average Bonchev–Trinajstić information content (AvgIpc) is 3.20. The molecule has 24 heavy (non-hydrogen) atoms. The highest BCUT2D eigenvalue weighted by Crippen LogP contribution is 2.22. The van der Waals surface area contributed by atoms with Gasteiger partial charge in [-0.05, 0) is 18.2 Å². The minimum Gasteiger partial charge on any atom is -0.337 e. The molecule has 118 valence electrons. The lowest BCUT2D eigenvalue weighted by Crippen LogP contribution is -1.98. The monoisotopic (exact) mass is 321 g/mol. The smallest absolute Gasteiger partial charge is 0.246 e. The fraction of sp³-hybridized carbons (Fsp3) is 0.0556. The number of carbonyl (C=O) groups is 1. The highest BCUT2D eigenvalue weighted by Gasteiger charge is 2.13. The number of aromatic nitrogens is 3. The summed E-state index contributed by atoms with van der Waals surface area (Å²) in [6.07, 6.45) is 2.58. The van der Waals surface area contributed by atoms with Crippen molar-refractivity contribution in [3.05, 3.63) is 72.0 Å². The predicted molar refractivity (Wildman–Crippen MR) is 86.1 cm³/mol. The van der Waals surface area contributed by atoms with Gasteiger partial charge in [0.2, 0.25) is 11.7 Å². The third-order valence-electron chi connectivity index (χ3n) is 3.80. The first-order valence-corrected chi connectivity index (χ1v) is 7.36. The van der Waals surface area contributed by atoms with Gasteiger partial charge in [0.1, 0.15) is 12.4 Å². The molecule has 5 nitrogen and oxygen atoms in total. The first-order chi connectivity index (χ1) is 11.7. The molecule has 2 aromatic heterocycles. The summed E-state index contributed by atoms with van der Waals surface area (Å²) in [6, 6.07) is 13.6. The van der Waals surface area contributed by atoms with Crippen LogP contribution in [-0.4, -0.2) is 21.0 Å². The number of fused-ring (bicyclic) bond motifs is 1. The molecule has 0 atom stereocenters. The third-order valence-corrected chi connectivity index (χ3v) is 3.80. The topological polar surface area (TPSA) is 60.9 Å². The van der Waals surface area contributed by atoms with Crippen LogP contribution in [0.25, 0.3) is 22.3 Å². The molecular weight excluding hydrogens is 309 g/mol. The molecular formula is C18H12FN3O2. The van der Waals surface area contributed by atoms with Crippen LogP contribution in [0.5, 0.6) is 0 Å². The summed E-state index contributed by atoms with van der Waals surface area (Å²) in [6.45, 7) is 0.330. The van der Waals surface area contributed by atoms with Crippen LogP contribution in [0, 0.1) is 5.82 Å². The van der Waals surface area contributed by atoms with Gasteiger partial charge in [0.15, 0.2) is 6.29 Å². The zero-order valence-electron chi connectivity index (χ0n) is 12.5. The van der Waals surface area contributed by atoms with Crippen LogP contribution < -0.4 is 0 Å². The first-order valence-electron chi connectivity index (χ1n) is 7.36. The van der Waals surface area contributed by atoms with Crippen molar-refractivity contribution in [2.75, 3.05) is 0 Å². The largest absolute Gasteiger partial charge is 0.337 e. The molecule has 0 saturated heterocycles. The van der Waals surface area contributed by atoms with Crippen molar-refractivity contribution in [3.63, 3.8) is 0 Å². The molecule has 0 spiro atoms. The molecule has 0 aliphatic heterocycles. The Labute approximate surface area is 136 Å². The molecule has 4 aromatic rings. The number of para-hydroxylation sites is 1. The second kappa shape index (κ2) is 5.73. The van der Waals surface area contributed by atoms with E-state index in [1.54, 1.807) is 18.3 Å². The third kappa shape index (κ3) is 2.48. The Morgan fingerprint density at radius 2 is 2.04 bits per heavy atom. The number of aldehydes is 1. The van der Waals surface area contributed by atoms with Crippen molar-refractivity contribution < 1.29 is 13.7 Å². The second-order valence-electron chi connectivity index (χ2n) is 5.37. The van der Waals surface area contributed by atoms with Crippen LogP contribution in [0.4, 0.5) is 4.39 Å². The number of rotatable bonds is 4. The molecule has 0 N–H and O–H groups in total. The van der Waals surface area contributed by atoms with E-state index in [1.165, 1.54) is 12.1 Å². The van der Waals surface area contributed by atoms with Crippen molar-refractivity contribution in [1.29, 1.82) is 0 Å². The van der Waals surface area contributed by atoms with Crippen molar-refractivity contribution >= 4 is 17.2 Å². The zero-order chi connectivity index (χ0) is 16.5. The van der Waals surface area contributed by atoms with E-state index in [9.17, 15) is 9.18 Å². The van der Waals surface area contributed by atoms with E-state index in [4.69, 9.17) is 4.52 Å². The Balaban J connectivity index is 1.69. The van der Waals surface area contributed by atoms with Crippen LogP contribution in [0.2, 0.25) is 0 Å². The van der Waals surface area contributed by atoms with Crippen LogP contribution in [0.15, 0.2) is 59.3 Å². The molecule has 0 radical (unpaired) electrons. The molecule has 2 heterocycles. The zero-order valence-corrected chi connectivity index (χ0v) is 12.5. The Hall–Kier alpha value is -3.28. The summed E-state index contributed by atoms with van der Waals surface area (Å²) in [5.74, 6) is 0.356. The van der Waals surface area contributed by atoms with Crippen molar-refractivity contribution in [2.45, 2.75) is 6.54 Å². The Kier molecular flexibility index (Phi) is 3.42. The summed E-state index contributed by atoms with van der Waals surface area (Å²) in [5.41, 5.74) is 2.07. The van der Waals surface area contributed by atoms with Gasteiger partial charge in [-0.3, -0.25) is 4.79 Å². The average molecular weight is 321 g/mol. The van der Waals surface area contributed by atoms with Gasteiger partial charge < -0.3 is 9.09 Å². The molecule has 0 unspecified atom stereocenters. The van der Waals surface area contributed by atoms with E-state index in [0.717, 1.165) is 17.2 Å². The summed E-state index contributed by atoms with van der Waals surface area (Å²) in [4.78, 5) is 15.5. The molecule has 2 aromatic carbocycles. The fourth-order valence-electron chi connectivity index (χ4n) is 2.71. The Morgan fingerprint density at radius 3 is 2.88 bits per heavy atom. The van der Waals surface area contributed by atoms with Crippen LogP contribution in [0.1, 0.15) is 16.2 Å². The standard InChI is InChI=1S/C18H12FN3O2/c19-14-5-3-4-12(8-14)18-20-17(24-21-18)10-22-9-13(11-23)15-6-1-2-7-16(15)22/h1-9,11H,10H2. The van der Waals surface area contributed by atoms with Gasteiger partial charge in [-0.15, -0.1) is 0 Å². The van der Waals surface area contributed by atoms with Gasteiger partial charge in [-0.25, -0.2) is 4.39 Å². The van der Waals surface area contributed by atoms with Gasteiger partial charge in [0.05, 0.1) is 0 Å². The highest BCUT2D eigenvalue weighted by molar-refractivity contribution is 5.97. The highest BCUT2D eigenvalue weighted by atomic mass is 19.1. The normalized spacial score (nSPS) is 11.0. The van der Waals surface area contributed by atoms with Gasteiger partial charge in [0, 0.05) is 28.2 Å². The molecule has 6 heteroatoms. The van der Waals surface area contributed by atoms with E-state index in [0.29, 0.717) is 29.4 Å². The lowest BCUT2D eigenvalue weighted by Gasteiger charge is -2.00. The molecule has 0 bridgehead atoms. The summed E-state index contributed by atoms with van der Waals surface area (Å²) in [7, 11) is 0. The maximum absolute atomic E-state index is 13.3. The maximum atomic E-state index is 13.3. The van der Waals surface area contributed by atoms with E-state index in [1.807, 2.05) is 28.8 Å². The molecule has 0 aliphatic rings. The van der Waals surface area contributed by atoms with Crippen molar-refractivity contribution in [3.8, 4) is 11.4 Å². The van der Waals surface area contributed by atoms with Crippen molar-refractivity contribution in [2.24, 2.45) is 0 Å². The maximum Gasteiger partial charge on any atom is 0.246 e. The van der Waals surface area contributed by atoms with Gasteiger partial charge in [0.25, 0.3) is 0 Å². The predicted octanol–water partition coefficient (Wildman–Crippen LogP) is 3.69. The Bertz CT molecular complexity index is 1040. The number of hydrogen-bond donors (Lipinski definition) is 0. The fourth-order valence-corrected chi connectivity index (χ4v) is 2.71. The van der Waals surface area contributed by atoms with E-state index in [2.05, 4.69) is 10.1 Å². The lowest BCUT2D eigenvalue weighted by molar-refractivity contribution is 0.112. The molecule has 4 rings (SSSR count). The summed E-state index contributed by atoms with van der Waals surface area (Å²) in [5, 5.41) is 4.77. The quantitative estimate of drug-likeness (QED) is 0.538. The van der Waals surface area contributed by atoms with E-state index < -0.39 is 0 Å². The van der Waals surface area contributed by atoms with Gasteiger partial charge in [-0.1, -0.05) is 35.5 Å². The lowest BCUT2D eigenvalue weighted by atomic mass is 10.2. The molecule has 0 saturated carbocycles. The number of hydrogen-bond acceptors (Lipinski definition) is 4. The number of halogens is 1. The van der Waals surface area contributed by atoms with Crippen LogP contribution in [0.3, 0.4) is 0 Å². The SMILES string of the molecule is O=Cc1cn(Cc2nc(-c3cccc(F)c3)no2)c2ccccc12. The molecule has 0 aliphatic carbocycles. The molecule has 0 fully saturated rings. The van der Waals surface area contributed by atoms with E-state index in [-0.39, 0.29) is 5.82 Å². The first kappa shape index (κ1) is 14.3. The minimum atomic E-state index is -0.356.